The molecule has 0 saturated carbocycles. The Hall–Kier alpha value is -1.12. The van der Waals surface area contributed by atoms with E-state index < -0.39 is 6.29 Å². The third kappa shape index (κ3) is 4.72. The van der Waals surface area contributed by atoms with Crippen molar-refractivity contribution in [1.29, 1.82) is 0 Å². The number of allylic oxidation sites excluding steroid dienone is 2. The molecule has 0 aliphatic carbocycles. The van der Waals surface area contributed by atoms with Gasteiger partial charge < -0.3 is 9.84 Å². The van der Waals surface area contributed by atoms with Crippen LogP contribution in [0.3, 0.4) is 0 Å². The summed E-state index contributed by atoms with van der Waals surface area (Å²) < 4.78 is 5.51. The van der Waals surface area contributed by atoms with Gasteiger partial charge in [-0.25, -0.2) is 0 Å². The van der Waals surface area contributed by atoms with Crippen molar-refractivity contribution in [2.75, 3.05) is 0 Å². The second-order valence-corrected chi connectivity index (χ2v) is 4.91. The van der Waals surface area contributed by atoms with Crippen LogP contribution in [0.1, 0.15) is 32.8 Å². The molecule has 2 heteroatoms. The largest absolute Gasteiger partial charge is 0.367 e. The second kappa shape index (κ2) is 6.58. The van der Waals surface area contributed by atoms with Crippen LogP contribution in [0.25, 0.3) is 0 Å². The van der Waals surface area contributed by atoms with Crippen molar-refractivity contribution in [1.82, 2.24) is 0 Å². The molecule has 1 N–H and O–H groups in total. The number of hydrogen-bond acceptors (Lipinski definition) is 2. The van der Waals surface area contributed by atoms with Gasteiger partial charge in [-0.1, -0.05) is 56.3 Å². The number of hydrogen-bond donors (Lipinski definition) is 1. The molecule has 0 aliphatic rings. The molecule has 1 unspecified atom stereocenters. The molecular weight excluding hydrogens is 212 g/mol. The van der Waals surface area contributed by atoms with E-state index >= 15 is 0 Å². The Morgan fingerprint density at radius 3 is 2.53 bits per heavy atom. The van der Waals surface area contributed by atoms with Gasteiger partial charge in [-0.3, -0.25) is 0 Å². The Labute approximate surface area is 104 Å². The van der Waals surface area contributed by atoms with E-state index in [-0.39, 0.29) is 5.41 Å². The number of aliphatic hydroxyl groups excluding tert-OH is 1. The summed E-state index contributed by atoms with van der Waals surface area (Å²) in [5.41, 5.74) is 0.815. The van der Waals surface area contributed by atoms with Crippen LogP contribution in [0.5, 0.6) is 0 Å². The summed E-state index contributed by atoms with van der Waals surface area (Å²) in [5, 5.41) is 10.0. The fraction of sp³-hybridized carbons (Fsp3) is 0.467. The minimum absolute atomic E-state index is 0.263. The van der Waals surface area contributed by atoms with Crippen LogP contribution >= 0.6 is 0 Å². The molecule has 2 nitrogen and oxygen atoms in total. The van der Waals surface area contributed by atoms with E-state index in [1.807, 2.05) is 57.2 Å². The highest BCUT2D eigenvalue weighted by atomic mass is 16.6. The average molecular weight is 234 g/mol. The molecule has 0 spiro atoms. The lowest BCUT2D eigenvalue weighted by Gasteiger charge is -2.29. The van der Waals surface area contributed by atoms with E-state index in [1.54, 1.807) is 0 Å². The first-order valence-electron chi connectivity index (χ1n) is 6.01. The molecule has 0 radical (unpaired) electrons. The third-order valence-electron chi connectivity index (χ3n) is 2.80. The Morgan fingerprint density at radius 2 is 1.94 bits per heavy atom. The van der Waals surface area contributed by atoms with Gasteiger partial charge in [-0.2, -0.15) is 0 Å². The zero-order valence-corrected chi connectivity index (χ0v) is 10.9. The molecule has 0 heterocycles. The number of aliphatic hydroxyl groups is 1. The van der Waals surface area contributed by atoms with E-state index in [9.17, 15) is 5.11 Å². The molecule has 1 rings (SSSR count). The standard InChI is InChI=1S/C15H22O2/c1-4-5-11-15(2,3)14(16)17-12-13-9-7-6-8-10-13/h4-10,14,16H,11-12H2,1-3H3/b5-4+. The highest BCUT2D eigenvalue weighted by molar-refractivity contribution is 5.13. The Balaban J connectivity index is 2.46. The molecule has 1 aromatic rings. The lowest BCUT2D eigenvalue weighted by molar-refractivity contribution is -0.170. The van der Waals surface area contributed by atoms with Gasteiger partial charge in [0, 0.05) is 5.41 Å². The van der Waals surface area contributed by atoms with E-state index in [4.69, 9.17) is 4.74 Å². The number of benzene rings is 1. The molecular formula is C15H22O2. The predicted molar refractivity (Wildman–Crippen MR) is 70.4 cm³/mol. The lowest BCUT2D eigenvalue weighted by atomic mass is 9.88. The van der Waals surface area contributed by atoms with Crippen LogP contribution in [0, 0.1) is 5.41 Å². The minimum Gasteiger partial charge on any atom is -0.367 e. The Kier molecular flexibility index (Phi) is 5.39. The number of rotatable bonds is 6. The van der Waals surface area contributed by atoms with Crippen molar-refractivity contribution >= 4 is 0 Å². The minimum atomic E-state index is -0.751. The Bertz CT molecular complexity index is 341. The number of ether oxygens (including phenoxy) is 1. The highest BCUT2D eigenvalue weighted by Gasteiger charge is 2.27. The normalized spacial score (nSPS) is 14.1. The maximum atomic E-state index is 10.0. The van der Waals surface area contributed by atoms with Crippen LogP contribution in [-0.4, -0.2) is 11.4 Å². The summed E-state index contributed by atoms with van der Waals surface area (Å²) in [4.78, 5) is 0. The van der Waals surface area contributed by atoms with Gasteiger partial charge in [0.2, 0.25) is 0 Å². The molecule has 94 valence electrons. The first kappa shape index (κ1) is 13.9. The predicted octanol–water partition coefficient (Wildman–Crippen LogP) is 3.51. The summed E-state index contributed by atoms with van der Waals surface area (Å²) in [5.74, 6) is 0. The fourth-order valence-corrected chi connectivity index (χ4v) is 1.50. The molecule has 1 aromatic carbocycles. The maximum Gasteiger partial charge on any atom is 0.160 e. The summed E-state index contributed by atoms with van der Waals surface area (Å²) in [6.07, 6.45) is 4.10. The third-order valence-corrected chi connectivity index (χ3v) is 2.80. The first-order valence-corrected chi connectivity index (χ1v) is 6.01. The smallest absolute Gasteiger partial charge is 0.160 e. The quantitative estimate of drug-likeness (QED) is 0.603. The summed E-state index contributed by atoms with van der Waals surface area (Å²) in [6.45, 7) is 6.43. The van der Waals surface area contributed by atoms with Gasteiger partial charge >= 0.3 is 0 Å². The fourth-order valence-electron chi connectivity index (χ4n) is 1.50. The van der Waals surface area contributed by atoms with Gasteiger partial charge in [0.25, 0.3) is 0 Å². The zero-order valence-electron chi connectivity index (χ0n) is 10.9. The zero-order chi connectivity index (χ0) is 12.7. The van der Waals surface area contributed by atoms with E-state index in [1.165, 1.54) is 0 Å². The lowest BCUT2D eigenvalue weighted by Crippen LogP contribution is -2.31. The van der Waals surface area contributed by atoms with Crippen LogP contribution in [0.15, 0.2) is 42.5 Å². The van der Waals surface area contributed by atoms with Gasteiger partial charge in [0.1, 0.15) is 0 Å². The highest BCUT2D eigenvalue weighted by Crippen LogP contribution is 2.27. The van der Waals surface area contributed by atoms with Gasteiger partial charge in [0.15, 0.2) is 6.29 Å². The van der Waals surface area contributed by atoms with Crippen molar-refractivity contribution in [3.63, 3.8) is 0 Å². The maximum absolute atomic E-state index is 10.0. The topological polar surface area (TPSA) is 29.5 Å². The van der Waals surface area contributed by atoms with Crippen molar-refractivity contribution in [3.05, 3.63) is 48.0 Å². The SMILES string of the molecule is C/C=C/CC(C)(C)C(O)OCc1ccccc1. The average Bonchev–Trinajstić information content (AvgIpc) is 2.34. The van der Waals surface area contributed by atoms with Crippen molar-refractivity contribution in [2.24, 2.45) is 5.41 Å². The molecule has 17 heavy (non-hydrogen) atoms. The van der Waals surface area contributed by atoms with Crippen LogP contribution in [-0.2, 0) is 11.3 Å². The monoisotopic (exact) mass is 234 g/mol. The van der Waals surface area contributed by atoms with Crippen LogP contribution < -0.4 is 0 Å². The molecule has 1 atom stereocenters. The molecule has 0 aromatic heterocycles. The molecule has 0 fully saturated rings. The van der Waals surface area contributed by atoms with Gasteiger partial charge in [0.05, 0.1) is 6.61 Å². The van der Waals surface area contributed by atoms with Gasteiger partial charge in [-0.15, -0.1) is 0 Å². The van der Waals surface area contributed by atoms with E-state index in [0.29, 0.717) is 6.61 Å². The van der Waals surface area contributed by atoms with E-state index in [0.717, 1.165) is 12.0 Å². The molecule has 0 saturated heterocycles. The Morgan fingerprint density at radius 1 is 1.29 bits per heavy atom. The van der Waals surface area contributed by atoms with Crippen LogP contribution in [0.4, 0.5) is 0 Å². The molecule has 0 amide bonds. The van der Waals surface area contributed by atoms with Crippen molar-refractivity contribution in [2.45, 2.75) is 40.1 Å². The van der Waals surface area contributed by atoms with Crippen molar-refractivity contribution in [3.8, 4) is 0 Å². The van der Waals surface area contributed by atoms with Crippen molar-refractivity contribution < 1.29 is 9.84 Å². The van der Waals surface area contributed by atoms with Gasteiger partial charge in [-0.05, 0) is 18.9 Å². The second-order valence-electron chi connectivity index (χ2n) is 4.91. The van der Waals surface area contributed by atoms with E-state index in [2.05, 4.69) is 6.08 Å². The summed E-state index contributed by atoms with van der Waals surface area (Å²) in [7, 11) is 0. The first-order chi connectivity index (χ1) is 8.06. The van der Waals surface area contributed by atoms with Crippen LogP contribution in [0.2, 0.25) is 0 Å². The summed E-state index contributed by atoms with van der Waals surface area (Å²) in [6, 6.07) is 9.89. The molecule has 0 aliphatic heterocycles. The summed E-state index contributed by atoms with van der Waals surface area (Å²) >= 11 is 0. The molecule has 0 bridgehead atoms.